The average molecular weight is 351 g/mol. The number of hydrogen-bond donors (Lipinski definition) is 2. The molecular formula is C21H21NO4. The van der Waals surface area contributed by atoms with E-state index in [1.165, 1.54) is 11.1 Å². The number of carbonyl (C=O) groups is 2. The minimum atomic E-state index is -1.01. The topological polar surface area (TPSA) is 75.6 Å². The molecule has 0 aromatic heterocycles. The second-order valence-electron chi connectivity index (χ2n) is 7.12. The number of carboxylic acids is 1. The van der Waals surface area contributed by atoms with Gasteiger partial charge in [0.2, 0.25) is 5.91 Å². The molecule has 1 fully saturated rings. The van der Waals surface area contributed by atoms with E-state index in [4.69, 9.17) is 9.84 Å². The van der Waals surface area contributed by atoms with Crippen LogP contribution < -0.4 is 10.1 Å². The van der Waals surface area contributed by atoms with E-state index in [0.717, 1.165) is 24.8 Å². The highest BCUT2D eigenvalue weighted by Crippen LogP contribution is 2.61. The van der Waals surface area contributed by atoms with Crippen molar-refractivity contribution in [3.05, 3.63) is 65.2 Å². The Labute approximate surface area is 152 Å². The van der Waals surface area contributed by atoms with Crippen molar-refractivity contribution in [1.29, 1.82) is 0 Å². The predicted octanol–water partition coefficient (Wildman–Crippen LogP) is 2.67. The van der Waals surface area contributed by atoms with Crippen LogP contribution in [-0.2, 0) is 28.0 Å². The van der Waals surface area contributed by atoms with Gasteiger partial charge < -0.3 is 15.2 Å². The molecule has 2 aromatic rings. The van der Waals surface area contributed by atoms with Crippen molar-refractivity contribution >= 4 is 11.9 Å². The van der Waals surface area contributed by atoms with E-state index >= 15 is 0 Å². The third-order valence-corrected chi connectivity index (χ3v) is 5.51. The Bertz CT molecular complexity index is 863. The van der Waals surface area contributed by atoms with Gasteiger partial charge in [0.15, 0.2) is 6.61 Å². The quantitative estimate of drug-likeness (QED) is 0.839. The van der Waals surface area contributed by atoms with Crippen LogP contribution in [0.1, 0.15) is 29.5 Å². The van der Waals surface area contributed by atoms with Crippen LogP contribution in [0.5, 0.6) is 5.75 Å². The third-order valence-electron chi connectivity index (χ3n) is 5.51. The molecule has 134 valence electrons. The third kappa shape index (κ3) is 3.05. The summed E-state index contributed by atoms with van der Waals surface area (Å²) in [6, 6.07) is 15.6. The SMILES string of the molecule is O=C(O)COc1cccc(CNC(=O)C2CC23CCc2ccccc23)c1. The average Bonchev–Trinajstić information content (AvgIpc) is 3.27. The summed E-state index contributed by atoms with van der Waals surface area (Å²) >= 11 is 0. The zero-order valence-corrected chi connectivity index (χ0v) is 14.4. The van der Waals surface area contributed by atoms with Gasteiger partial charge in [0.25, 0.3) is 0 Å². The smallest absolute Gasteiger partial charge is 0.341 e. The monoisotopic (exact) mass is 351 g/mol. The molecule has 1 spiro atoms. The van der Waals surface area contributed by atoms with Crippen LogP contribution in [0, 0.1) is 5.92 Å². The molecule has 0 heterocycles. The van der Waals surface area contributed by atoms with Crippen molar-refractivity contribution in [2.24, 2.45) is 5.92 Å². The molecule has 1 saturated carbocycles. The Balaban J connectivity index is 1.36. The summed E-state index contributed by atoms with van der Waals surface area (Å²) in [5, 5.41) is 11.7. The molecular weight excluding hydrogens is 330 g/mol. The Morgan fingerprint density at radius 2 is 2.04 bits per heavy atom. The zero-order chi connectivity index (χ0) is 18.1. The number of fused-ring (bicyclic) bond motifs is 2. The van der Waals surface area contributed by atoms with E-state index in [9.17, 15) is 9.59 Å². The number of benzene rings is 2. The molecule has 0 radical (unpaired) electrons. The van der Waals surface area contributed by atoms with Crippen LogP contribution in [0.2, 0.25) is 0 Å². The van der Waals surface area contributed by atoms with Crippen molar-refractivity contribution in [3.63, 3.8) is 0 Å². The van der Waals surface area contributed by atoms with Crippen molar-refractivity contribution in [3.8, 4) is 5.75 Å². The number of hydrogen-bond acceptors (Lipinski definition) is 3. The summed E-state index contributed by atoms with van der Waals surface area (Å²) in [5.41, 5.74) is 3.67. The number of aliphatic carboxylic acids is 1. The van der Waals surface area contributed by atoms with Gasteiger partial charge in [-0.2, -0.15) is 0 Å². The minimum absolute atomic E-state index is 0.0487. The highest BCUT2D eigenvalue weighted by Gasteiger charge is 2.61. The zero-order valence-electron chi connectivity index (χ0n) is 14.4. The molecule has 2 unspecified atom stereocenters. The maximum absolute atomic E-state index is 12.6. The van der Waals surface area contributed by atoms with Crippen LogP contribution >= 0.6 is 0 Å². The molecule has 2 aromatic carbocycles. The van der Waals surface area contributed by atoms with Gasteiger partial charge in [-0.1, -0.05) is 36.4 Å². The summed E-state index contributed by atoms with van der Waals surface area (Å²) in [6.07, 6.45) is 3.05. The largest absolute Gasteiger partial charge is 0.482 e. The van der Waals surface area contributed by atoms with Crippen LogP contribution in [0.4, 0.5) is 0 Å². The fraction of sp³-hybridized carbons (Fsp3) is 0.333. The first-order chi connectivity index (χ1) is 12.6. The molecule has 26 heavy (non-hydrogen) atoms. The molecule has 0 saturated heterocycles. The molecule has 2 atom stereocenters. The molecule has 4 rings (SSSR count). The summed E-state index contributed by atoms with van der Waals surface area (Å²) in [4.78, 5) is 23.2. The maximum atomic E-state index is 12.6. The number of rotatable bonds is 6. The number of carbonyl (C=O) groups excluding carboxylic acids is 1. The lowest BCUT2D eigenvalue weighted by Crippen LogP contribution is -2.27. The fourth-order valence-corrected chi connectivity index (χ4v) is 4.14. The predicted molar refractivity (Wildman–Crippen MR) is 96.0 cm³/mol. The van der Waals surface area contributed by atoms with Crippen molar-refractivity contribution < 1.29 is 19.4 Å². The summed E-state index contributed by atoms with van der Waals surface area (Å²) in [5.74, 6) is -0.373. The highest BCUT2D eigenvalue weighted by molar-refractivity contribution is 5.85. The van der Waals surface area contributed by atoms with Crippen LogP contribution in [0.15, 0.2) is 48.5 Å². The van der Waals surface area contributed by atoms with E-state index < -0.39 is 5.97 Å². The normalized spacial score (nSPS) is 22.7. The lowest BCUT2D eigenvalue weighted by Gasteiger charge is -2.12. The lowest BCUT2D eigenvalue weighted by molar-refractivity contribution is -0.139. The molecule has 5 heteroatoms. The van der Waals surface area contributed by atoms with E-state index in [1.807, 2.05) is 6.07 Å². The maximum Gasteiger partial charge on any atom is 0.341 e. The molecule has 0 aliphatic heterocycles. The lowest BCUT2D eigenvalue weighted by atomic mass is 9.95. The van der Waals surface area contributed by atoms with Gasteiger partial charge in [-0.05, 0) is 48.1 Å². The van der Waals surface area contributed by atoms with Gasteiger partial charge >= 0.3 is 5.97 Å². The molecule has 2 aliphatic rings. The van der Waals surface area contributed by atoms with Gasteiger partial charge in [0, 0.05) is 17.9 Å². The van der Waals surface area contributed by atoms with Crippen LogP contribution in [-0.4, -0.2) is 23.6 Å². The molecule has 1 amide bonds. The Hall–Kier alpha value is -2.82. The summed E-state index contributed by atoms with van der Waals surface area (Å²) in [7, 11) is 0. The Morgan fingerprint density at radius 3 is 2.88 bits per heavy atom. The van der Waals surface area contributed by atoms with Gasteiger partial charge in [0.05, 0.1) is 0 Å². The van der Waals surface area contributed by atoms with Crippen LogP contribution in [0.25, 0.3) is 0 Å². The number of aryl methyl sites for hydroxylation is 1. The number of amides is 1. The number of ether oxygens (including phenoxy) is 1. The standard InChI is InChI=1S/C21H21NO4/c23-19(24)13-26-16-6-3-4-14(10-16)12-22-20(25)18-11-21(18)9-8-15-5-1-2-7-17(15)21/h1-7,10,18H,8-9,11-13H2,(H,22,25)(H,23,24). The molecule has 0 bridgehead atoms. The summed E-state index contributed by atoms with van der Waals surface area (Å²) < 4.78 is 5.18. The first-order valence-corrected chi connectivity index (χ1v) is 8.88. The van der Waals surface area contributed by atoms with Crippen molar-refractivity contribution in [1.82, 2.24) is 5.32 Å². The molecule has 2 N–H and O–H groups in total. The first kappa shape index (κ1) is 16.6. The van der Waals surface area contributed by atoms with E-state index in [2.05, 4.69) is 29.6 Å². The van der Waals surface area contributed by atoms with E-state index in [-0.39, 0.29) is 23.8 Å². The second-order valence-corrected chi connectivity index (χ2v) is 7.12. The number of nitrogens with one attached hydrogen (secondary N) is 1. The minimum Gasteiger partial charge on any atom is -0.482 e. The first-order valence-electron chi connectivity index (χ1n) is 8.88. The van der Waals surface area contributed by atoms with E-state index in [1.54, 1.807) is 18.2 Å². The highest BCUT2D eigenvalue weighted by atomic mass is 16.5. The Morgan fingerprint density at radius 1 is 1.19 bits per heavy atom. The molecule has 2 aliphatic carbocycles. The molecule has 5 nitrogen and oxygen atoms in total. The van der Waals surface area contributed by atoms with Crippen molar-refractivity contribution in [2.75, 3.05) is 6.61 Å². The Kier molecular flexibility index (Phi) is 4.15. The van der Waals surface area contributed by atoms with Crippen molar-refractivity contribution in [2.45, 2.75) is 31.2 Å². The summed E-state index contributed by atoms with van der Waals surface area (Å²) in [6.45, 7) is 0.0388. The number of carboxylic acid groups (broad SMARTS) is 1. The van der Waals surface area contributed by atoms with E-state index in [0.29, 0.717) is 12.3 Å². The van der Waals surface area contributed by atoms with Gasteiger partial charge in [-0.3, -0.25) is 4.79 Å². The van der Waals surface area contributed by atoms with Gasteiger partial charge in [-0.25, -0.2) is 4.79 Å². The fourth-order valence-electron chi connectivity index (χ4n) is 4.14. The second kappa shape index (κ2) is 6.48. The van der Waals surface area contributed by atoms with Gasteiger partial charge in [0.1, 0.15) is 5.75 Å². The van der Waals surface area contributed by atoms with Crippen LogP contribution in [0.3, 0.4) is 0 Å². The van der Waals surface area contributed by atoms with Gasteiger partial charge in [-0.15, -0.1) is 0 Å².